The van der Waals surface area contributed by atoms with Crippen molar-refractivity contribution in [1.82, 2.24) is 5.32 Å². The Morgan fingerprint density at radius 1 is 1.17 bits per heavy atom. The Morgan fingerprint density at radius 2 is 1.83 bits per heavy atom. The number of hydrogen-bond acceptors (Lipinski definition) is 3. The standard InChI is InChI=1S/C18H16ClNO4/c19-13-6-8-14(9-7-13)24-11-16(21)20-18(17(22)23)10-15(18)12-4-2-1-3-5-12/h1-9,15H,10-11H2,(H,20,21)(H,22,23). The van der Waals surface area contributed by atoms with Crippen LogP contribution < -0.4 is 10.1 Å². The zero-order chi connectivity index (χ0) is 17.2. The number of ether oxygens (including phenoxy) is 1. The van der Waals surface area contributed by atoms with E-state index in [1.54, 1.807) is 24.3 Å². The predicted molar refractivity (Wildman–Crippen MR) is 89.3 cm³/mol. The molecule has 0 aromatic heterocycles. The van der Waals surface area contributed by atoms with Crippen molar-refractivity contribution < 1.29 is 19.4 Å². The van der Waals surface area contributed by atoms with E-state index in [1.165, 1.54) is 0 Å². The molecule has 24 heavy (non-hydrogen) atoms. The van der Waals surface area contributed by atoms with Gasteiger partial charge < -0.3 is 15.2 Å². The van der Waals surface area contributed by atoms with Crippen LogP contribution in [0.1, 0.15) is 17.9 Å². The molecule has 0 radical (unpaired) electrons. The topological polar surface area (TPSA) is 75.6 Å². The number of halogens is 1. The molecule has 6 heteroatoms. The summed E-state index contributed by atoms with van der Waals surface area (Å²) in [5, 5.41) is 12.7. The second kappa shape index (κ2) is 6.53. The van der Waals surface area contributed by atoms with E-state index in [9.17, 15) is 14.7 Å². The van der Waals surface area contributed by atoms with Gasteiger partial charge in [-0.3, -0.25) is 4.79 Å². The van der Waals surface area contributed by atoms with Gasteiger partial charge in [0.25, 0.3) is 5.91 Å². The van der Waals surface area contributed by atoms with Gasteiger partial charge in [-0.05, 0) is 36.2 Å². The van der Waals surface area contributed by atoms with E-state index >= 15 is 0 Å². The number of aliphatic carboxylic acids is 1. The maximum absolute atomic E-state index is 12.1. The zero-order valence-corrected chi connectivity index (χ0v) is 13.5. The molecule has 1 saturated carbocycles. The largest absolute Gasteiger partial charge is 0.484 e. The molecule has 1 aliphatic carbocycles. The van der Waals surface area contributed by atoms with Crippen LogP contribution in [0.4, 0.5) is 0 Å². The fourth-order valence-corrected chi connectivity index (χ4v) is 2.87. The highest BCUT2D eigenvalue weighted by Crippen LogP contribution is 2.51. The molecule has 1 fully saturated rings. The highest BCUT2D eigenvalue weighted by Gasteiger charge is 2.62. The lowest BCUT2D eigenvalue weighted by atomic mass is 10.1. The van der Waals surface area contributed by atoms with Crippen molar-refractivity contribution in [2.75, 3.05) is 6.61 Å². The average Bonchev–Trinajstić information content (AvgIpc) is 3.31. The van der Waals surface area contributed by atoms with Gasteiger partial charge in [0.1, 0.15) is 11.3 Å². The summed E-state index contributed by atoms with van der Waals surface area (Å²) in [6, 6.07) is 15.9. The first-order valence-corrected chi connectivity index (χ1v) is 7.87. The van der Waals surface area contributed by atoms with Gasteiger partial charge in [-0.15, -0.1) is 0 Å². The molecule has 3 rings (SSSR count). The van der Waals surface area contributed by atoms with Crippen LogP contribution in [0.5, 0.6) is 5.75 Å². The lowest BCUT2D eigenvalue weighted by molar-refractivity contribution is -0.143. The number of benzene rings is 2. The minimum absolute atomic E-state index is 0.226. The summed E-state index contributed by atoms with van der Waals surface area (Å²) in [5.41, 5.74) is -0.347. The SMILES string of the molecule is O=C(COc1ccc(Cl)cc1)NC1(C(=O)O)CC1c1ccccc1. The van der Waals surface area contributed by atoms with Gasteiger partial charge in [-0.25, -0.2) is 4.79 Å². The number of carbonyl (C=O) groups is 2. The lowest BCUT2D eigenvalue weighted by Gasteiger charge is -2.15. The van der Waals surface area contributed by atoms with Crippen molar-refractivity contribution in [3.63, 3.8) is 0 Å². The van der Waals surface area contributed by atoms with Crippen LogP contribution in [0.15, 0.2) is 54.6 Å². The van der Waals surface area contributed by atoms with Crippen LogP contribution in [0, 0.1) is 0 Å². The maximum atomic E-state index is 12.1. The number of hydrogen-bond donors (Lipinski definition) is 2. The summed E-state index contributed by atoms with van der Waals surface area (Å²) in [7, 11) is 0. The molecule has 2 aromatic rings. The molecule has 0 heterocycles. The molecule has 124 valence electrons. The molecule has 5 nitrogen and oxygen atoms in total. The Balaban J connectivity index is 1.61. The molecule has 2 atom stereocenters. The highest BCUT2D eigenvalue weighted by molar-refractivity contribution is 6.30. The van der Waals surface area contributed by atoms with E-state index < -0.39 is 17.4 Å². The second-order valence-electron chi connectivity index (χ2n) is 5.73. The van der Waals surface area contributed by atoms with Gasteiger partial charge in [0.2, 0.25) is 0 Å². The van der Waals surface area contributed by atoms with Crippen LogP contribution in [0.2, 0.25) is 5.02 Å². The Hall–Kier alpha value is -2.53. The maximum Gasteiger partial charge on any atom is 0.330 e. The zero-order valence-electron chi connectivity index (χ0n) is 12.7. The third-order valence-corrected chi connectivity index (χ3v) is 4.34. The van der Waals surface area contributed by atoms with Crippen molar-refractivity contribution in [1.29, 1.82) is 0 Å². The van der Waals surface area contributed by atoms with Crippen LogP contribution in [0.25, 0.3) is 0 Å². The number of carboxylic acids is 1. The summed E-state index contributed by atoms with van der Waals surface area (Å²) in [6.45, 7) is -0.252. The smallest absolute Gasteiger partial charge is 0.330 e. The molecule has 2 N–H and O–H groups in total. The fourth-order valence-electron chi connectivity index (χ4n) is 2.74. The van der Waals surface area contributed by atoms with Gasteiger partial charge in [-0.1, -0.05) is 41.9 Å². The summed E-state index contributed by atoms with van der Waals surface area (Å²) >= 11 is 5.78. The third kappa shape index (κ3) is 3.36. The van der Waals surface area contributed by atoms with E-state index in [1.807, 2.05) is 30.3 Å². The number of carbonyl (C=O) groups excluding carboxylic acids is 1. The number of carboxylic acid groups (broad SMARTS) is 1. The van der Waals surface area contributed by atoms with Crippen LogP contribution in [-0.2, 0) is 9.59 Å². The summed E-state index contributed by atoms with van der Waals surface area (Å²) in [5.74, 6) is -1.23. The second-order valence-corrected chi connectivity index (χ2v) is 6.17. The van der Waals surface area contributed by atoms with Crippen molar-refractivity contribution in [3.05, 3.63) is 65.2 Å². The van der Waals surface area contributed by atoms with Crippen molar-refractivity contribution in [2.45, 2.75) is 17.9 Å². The van der Waals surface area contributed by atoms with Crippen LogP contribution in [0.3, 0.4) is 0 Å². The fraction of sp³-hybridized carbons (Fsp3) is 0.222. The first-order chi connectivity index (χ1) is 11.5. The molecular weight excluding hydrogens is 330 g/mol. The lowest BCUT2D eigenvalue weighted by Crippen LogP contribution is -2.46. The highest BCUT2D eigenvalue weighted by atomic mass is 35.5. The molecule has 1 aliphatic rings. The minimum Gasteiger partial charge on any atom is -0.484 e. The normalized spacial score (nSPS) is 21.8. The monoisotopic (exact) mass is 345 g/mol. The molecule has 0 bridgehead atoms. The van der Waals surface area contributed by atoms with E-state index in [4.69, 9.17) is 16.3 Å². The third-order valence-electron chi connectivity index (χ3n) is 4.09. The van der Waals surface area contributed by atoms with Crippen molar-refractivity contribution in [2.24, 2.45) is 0 Å². The first kappa shape index (κ1) is 16.3. The molecule has 0 saturated heterocycles. The van der Waals surface area contributed by atoms with E-state index in [0.29, 0.717) is 17.2 Å². The van der Waals surface area contributed by atoms with Gasteiger partial charge in [0.05, 0.1) is 0 Å². The van der Waals surface area contributed by atoms with E-state index in [0.717, 1.165) is 5.56 Å². The average molecular weight is 346 g/mol. The molecular formula is C18H16ClNO4. The minimum atomic E-state index is -1.25. The van der Waals surface area contributed by atoms with E-state index in [-0.39, 0.29) is 12.5 Å². The van der Waals surface area contributed by atoms with Crippen LogP contribution >= 0.6 is 11.6 Å². The van der Waals surface area contributed by atoms with Crippen LogP contribution in [-0.4, -0.2) is 29.1 Å². The number of amides is 1. The molecule has 2 aromatic carbocycles. The van der Waals surface area contributed by atoms with Crippen molar-refractivity contribution >= 4 is 23.5 Å². The van der Waals surface area contributed by atoms with E-state index in [2.05, 4.69) is 5.32 Å². The van der Waals surface area contributed by atoms with Gasteiger partial charge in [-0.2, -0.15) is 0 Å². The number of nitrogens with one attached hydrogen (secondary N) is 1. The predicted octanol–water partition coefficient (Wildman–Crippen LogP) is 2.85. The van der Waals surface area contributed by atoms with Gasteiger partial charge >= 0.3 is 5.97 Å². The van der Waals surface area contributed by atoms with Gasteiger partial charge in [0, 0.05) is 10.9 Å². The molecule has 1 amide bonds. The molecule has 0 spiro atoms. The van der Waals surface area contributed by atoms with Crippen molar-refractivity contribution in [3.8, 4) is 5.75 Å². The Labute approximate surface area is 144 Å². The quantitative estimate of drug-likeness (QED) is 0.844. The van der Waals surface area contributed by atoms with Gasteiger partial charge in [0.15, 0.2) is 6.61 Å². The summed E-state index contributed by atoms with van der Waals surface area (Å²) < 4.78 is 5.35. The summed E-state index contributed by atoms with van der Waals surface area (Å²) in [6.07, 6.45) is 0.374. The Bertz CT molecular complexity index is 747. The Kier molecular flexibility index (Phi) is 4.44. The Morgan fingerprint density at radius 3 is 2.46 bits per heavy atom. The molecule has 0 aliphatic heterocycles. The number of rotatable bonds is 6. The first-order valence-electron chi connectivity index (χ1n) is 7.49. The molecule has 2 unspecified atom stereocenters. The summed E-state index contributed by atoms with van der Waals surface area (Å²) in [4.78, 5) is 23.7.